The highest BCUT2D eigenvalue weighted by Gasteiger charge is 2.06. The van der Waals surface area contributed by atoms with Crippen LogP contribution in [0.25, 0.3) is 0 Å². The molecule has 0 unspecified atom stereocenters. The second-order valence-corrected chi connectivity index (χ2v) is 3.76. The molecule has 1 aromatic rings. The molecule has 1 aromatic carbocycles. The minimum absolute atomic E-state index is 0.190. The van der Waals surface area contributed by atoms with Crippen molar-refractivity contribution in [3.63, 3.8) is 0 Å². The molecule has 0 saturated carbocycles. The van der Waals surface area contributed by atoms with E-state index in [1.165, 1.54) is 16.7 Å². The Labute approximate surface area is 86.0 Å². The molecule has 1 atom stereocenters. The summed E-state index contributed by atoms with van der Waals surface area (Å²) in [4.78, 5) is 0. The van der Waals surface area contributed by atoms with Crippen LogP contribution in [0, 0.1) is 13.8 Å². The second-order valence-electron chi connectivity index (χ2n) is 3.76. The Hall–Kier alpha value is -0.860. The van der Waals surface area contributed by atoms with Crippen LogP contribution < -0.4 is 5.32 Å². The van der Waals surface area contributed by atoms with E-state index in [-0.39, 0.29) is 6.61 Å². The maximum absolute atomic E-state index is 8.71. The molecule has 0 amide bonds. The Morgan fingerprint density at radius 1 is 1.36 bits per heavy atom. The lowest BCUT2D eigenvalue weighted by molar-refractivity contribution is 0.286. The summed E-state index contributed by atoms with van der Waals surface area (Å²) >= 11 is 0. The van der Waals surface area contributed by atoms with Gasteiger partial charge >= 0.3 is 0 Å². The van der Waals surface area contributed by atoms with Gasteiger partial charge in [-0.15, -0.1) is 0 Å². The van der Waals surface area contributed by atoms with Crippen LogP contribution in [-0.4, -0.2) is 18.3 Å². The third-order valence-electron chi connectivity index (χ3n) is 2.45. The summed E-state index contributed by atoms with van der Waals surface area (Å²) in [5.41, 5.74) is 3.91. The van der Waals surface area contributed by atoms with Gasteiger partial charge in [0, 0.05) is 12.6 Å². The normalized spacial score (nSPS) is 12.9. The highest BCUT2D eigenvalue weighted by Crippen LogP contribution is 2.17. The molecule has 0 aromatic heterocycles. The van der Waals surface area contributed by atoms with Crippen LogP contribution >= 0.6 is 0 Å². The van der Waals surface area contributed by atoms with E-state index in [2.05, 4.69) is 44.3 Å². The van der Waals surface area contributed by atoms with Gasteiger partial charge in [-0.2, -0.15) is 0 Å². The molecule has 2 nitrogen and oxygen atoms in total. The number of hydrogen-bond acceptors (Lipinski definition) is 2. The SMILES string of the molecule is Cc1ccc([C@H](C)NCCO)c(C)c1. The third kappa shape index (κ3) is 2.82. The zero-order valence-electron chi connectivity index (χ0n) is 9.17. The molecule has 1 rings (SSSR count). The second kappa shape index (κ2) is 5.13. The average Bonchev–Trinajstić information content (AvgIpc) is 2.14. The van der Waals surface area contributed by atoms with E-state index in [1.54, 1.807) is 0 Å². The van der Waals surface area contributed by atoms with Crippen LogP contribution in [0.15, 0.2) is 18.2 Å². The number of aryl methyl sites for hydroxylation is 2. The van der Waals surface area contributed by atoms with Gasteiger partial charge in [-0.05, 0) is 31.9 Å². The monoisotopic (exact) mass is 193 g/mol. The summed E-state index contributed by atoms with van der Waals surface area (Å²) < 4.78 is 0. The summed E-state index contributed by atoms with van der Waals surface area (Å²) in [7, 11) is 0. The van der Waals surface area contributed by atoms with Crippen molar-refractivity contribution in [1.82, 2.24) is 5.32 Å². The lowest BCUT2D eigenvalue weighted by atomic mass is 10.0. The van der Waals surface area contributed by atoms with Gasteiger partial charge < -0.3 is 10.4 Å². The third-order valence-corrected chi connectivity index (χ3v) is 2.45. The topological polar surface area (TPSA) is 32.3 Å². The molecule has 78 valence electrons. The molecule has 0 aliphatic heterocycles. The Kier molecular flexibility index (Phi) is 4.11. The average molecular weight is 193 g/mol. The van der Waals surface area contributed by atoms with Gasteiger partial charge in [0.15, 0.2) is 0 Å². The largest absolute Gasteiger partial charge is 0.395 e. The predicted molar refractivity (Wildman–Crippen MR) is 59.4 cm³/mol. The molecule has 0 saturated heterocycles. The van der Waals surface area contributed by atoms with Crippen LogP contribution in [0.1, 0.15) is 29.7 Å². The molecule has 14 heavy (non-hydrogen) atoms. The first kappa shape index (κ1) is 11.2. The van der Waals surface area contributed by atoms with Crippen molar-refractivity contribution in [3.8, 4) is 0 Å². The Balaban J connectivity index is 2.74. The zero-order valence-corrected chi connectivity index (χ0v) is 9.17. The summed E-state index contributed by atoms with van der Waals surface area (Å²) in [5, 5.41) is 12.0. The maximum atomic E-state index is 8.71. The fraction of sp³-hybridized carbons (Fsp3) is 0.500. The van der Waals surface area contributed by atoms with Crippen molar-refractivity contribution >= 4 is 0 Å². The molecule has 2 N–H and O–H groups in total. The van der Waals surface area contributed by atoms with E-state index in [0.717, 1.165) is 0 Å². The fourth-order valence-corrected chi connectivity index (χ4v) is 1.70. The van der Waals surface area contributed by atoms with Crippen LogP contribution in [-0.2, 0) is 0 Å². The van der Waals surface area contributed by atoms with Crippen molar-refractivity contribution in [2.24, 2.45) is 0 Å². The van der Waals surface area contributed by atoms with Gasteiger partial charge in [-0.1, -0.05) is 23.8 Å². The number of aliphatic hydroxyl groups excluding tert-OH is 1. The number of nitrogens with one attached hydrogen (secondary N) is 1. The van der Waals surface area contributed by atoms with Crippen molar-refractivity contribution in [2.75, 3.05) is 13.2 Å². The summed E-state index contributed by atoms with van der Waals surface area (Å²) in [5.74, 6) is 0. The van der Waals surface area contributed by atoms with Crippen molar-refractivity contribution in [1.29, 1.82) is 0 Å². The minimum atomic E-state index is 0.190. The van der Waals surface area contributed by atoms with Crippen LogP contribution in [0.5, 0.6) is 0 Å². The van der Waals surface area contributed by atoms with Crippen LogP contribution in [0.2, 0.25) is 0 Å². The van der Waals surface area contributed by atoms with E-state index in [1.807, 2.05) is 0 Å². The predicted octanol–water partition coefficient (Wildman–Crippen LogP) is 1.95. The first-order valence-corrected chi connectivity index (χ1v) is 5.06. The van der Waals surface area contributed by atoms with E-state index < -0.39 is 0 Å². The van der Waals surface area contributed by atoms with E-state index >= 15 is 0 Å². The molecular weight excluding hydrogens is 174 g/mol. The van der Waals surface area contributed by atoms with E-state index in [0.29, 0.717) is 12.6 Å². The Bertz CT molecular complexity index is 296. The molecular formula is C12H19NO. The van der Waals surface area contributed by atoms with E-state index in [9.17, 15) is 0 Å². The lowest BCUT2D eigenvalue weighted by Gasteiger charge is -2.16. The molecule has 0 bridgehead atoms. The first-order valence-electron chi connectivity index (χ1n) is 5.06. The summed E-state index contributed by atoms with van der Waals surface area (Å²) in [6.45, 7) is 7.18. The van der Waals surface area contributed by atoms with Gasteiger partial charge in [0.1, 0.15) is 0 Å². The number of aliphatic hydroxyl groups is 1. The van der Waals surface area contributed by atoms with Crippen molar-refractivity contribution in [3.05, 3.63) is 34.9 Å². The maximum Gasteiger partial charge on any atom is 0.0556 e. The van der Waals surface area contributed by atoms with Gasteiger partial charge in [0.05, 0.1) is 6.61 Å². The molecule has 2 heteroatoms. The highest BCUT2D eigenvalue weighted by molar-refractivity contribution is 5.32. The summed E-state index contributed by atoms with van der Waals surface area (Å²) in [6, 6.07) is 6.77. The Morgan fingerprint density at radius 3 is 2.64 bits per heavy atom. The summed E-state index contributed by atoms with van der Waals surface area (Å²) in [6.07, 6.45) is 0. The standard InChI is InChI=1S/C12H19NO/c1-9-4-5-12(10(2)8-9)11(3)13-6-7-14/h4-5,8,11,13-14H,6-7H2,1-3H3/t11-/m0/s1. The van der Waals surface area contributed by atoms with Gasteiger partial charge in [-0.3, -0.25) is 0 Å². The van der Waals surface area contributed by atoms with Crippen LogP contribution in [0.4, 0.5) is 0 Å². The van der Waals surface area contributed by atoms with Gasteiger partial charge in [0.25, 0.3) is 0 Å². The molecule has 0 aliphatic rings. The van der Waals surface area contributed by atoms with Crippen molar-refractivity contribution in [2.45, 2.75) is 26.8 Å². The number of benzene rings is 1. The molecule has 0 fully saturated rings. The van der Waals surface area contributed by atoms with Gasteiger partial charge in [0.2, 0.25) is 0 Å². The van der Waals surface area contributed by atoms with Gasteiger partial charge in [-0.25, -0.2) is 0 Å². The zero-order chi connectivity index (χ0) is 10.6. The number of hydrogen-bond donors (Lipinski definition) is 2. The molecule has 0 radical (unpaired) electrons. The molecule has 0 aliphatic carbocycles. The van der Waals surface area contributed by atoms with Crippen LogP contribution in [0.3, 0.4) is 0 Å². The van der Waals surface area contributed by atoms with E-state index in [4.69, 9.17) is 5.11 Å². The smallest absolute Gasteiger partial charge is 0.0556 e. The lowest BCUT2D eigenvalue weighted by Crippen LogP contribution is -2.22. The fourth-order valence-electron chi connectivity index (χ4n) is 1.70. The quantitative estimate of drug-likeness (QED) is 0.766. The first-order chi connectivity index (χ1) is 6.65. The van der Waals surface area contributed by atoms with Crippen molar-refractivity contribution < 1.29 is 5.11 Å². The Morgan fingerprint density at radius 2 is 2.07 bits per heavy atom. The molecule has 0 heterocycles. The molecule has 0 spiro atoms. The number of rotatable bonds is 4. The highest BCUT2D eigenvalue weighted by atomic mass is 16.3. The minimum Gasteiger partial charge on any atom is -0.395 e.